The van der Waals surface area contributed by atoms with Crippen LogP contribution in [0, 0.1) is 0 Å². The van der Waals surface area contributed by atoms with Gasteiger partial charge in [-0.3, -0.25) is 0 Å². The number of benzene rings is 7. The predicted octanol–water partition coefficient (Wildman–Crippen LogP) is 6.94. The maximum atomic E-state index is 7.03. The van der Waals surface area contributed by atoms with Gasteiger partial charge in [0, 0.05) is 39.9 Å². The van der Waals surface area contributed by atoms with Crippen molar-refractivity contribution in [1.29, 1.82) is 0 Å². The number of furan rings is 2. The fourth-order valence-corrected chi connectivity index (χ4v) is 8.88. The third-order valence-corrected chi connectivity index (χ3v) is 10.9. The third kappa shape index (κ3) is 3.04. The van der Waals surface area contributed by atoms with Gasteiger partial charge in [-0.25, -0.2) is 0 Å². The molecule has 0 spiro atoms. The first-order valence-corrected chi connectivity index (χ1v) is 16.8. The topological polar surface area (TPSA) is 63.2 Å². The van der Waals surface area contributed by atoms with Crippen molar-refractivity contribution in [3.8, 4) is 46.0 Å². The van der Waals surface area contributed by atoms with Gasteiger partial charge in [-0.05, 0) is 46.1 Å². The fraction of sp³-hybridized carbons (Fsp3) is 0. The van der Waals surface area contributed by atoms with Crippen LogP contribution >= 0.6 is 0 Å². The van der Waals surface area contributed by atoms with E-state index < -0.39 is 0 Å². The lowest BCUT2D eigenvalue weighted by Crippen LogP contribution is -2.61. The van der Waals surface area contributed by atoms with Gasteiger partial charge in [0.25, 0.3) is 13.4 Å². The Morgan fingerprint density at radius 2 is 0.800 bits per heavy atom. The van der Waals surface area contributed by atoms with Gasteiger partial charge in [0.05, 0.1) is 10.8 Å². The quantitative estimate of drug-likeness (QED) is 0.167. The molecule has 0 aliphatic carbocycles. The van der Waals surface area contributed by atoms with E-state index in [9.17, 15) is 0 Å². The van der Waals surface area contributed by atoms with E-state index in [0.29, 0.717) is 0 Å². The molecule has 7 aromatic carbocycles. The summed E-state index contributed by atoms with van der Waals surface area (Å²) in [5.41, 5.74) is 9.39. The number of fused-ring (bicyclic) bond motifs is 16. The van der Waals surface area contributed by atoms with Gasteiger partial charge in [0.15, 0.2) is 0 Å². The Labute approximate surface area is 284 Å². The van der Waals surface area contributed by atoms with E-state index in [1.165, 1.54) is 0 Å². The molecule has 0 unspecified atom stereocenters. The van der Waals surface area contributed by atoms with Crippen LogP contribution in [0.5, 0.6) is 46.0 Å². The normalized spacial score (nSPS) is 14.2. The summed E-state index contributed by atoms with van der Waals surface area (Å²) in [6, 6.07) is 41.2. The van der Waals surface area contributed by atoms with Crippen LogP contribution in [0.2, 0.25) is 0 Å². The molecule has 0 bridgehead atoms. The van der Waals surface area contributed by atoms with Crippen molar-refractivity contribution in [1.82, 2.24) is 0 Å². The minimum atomic E-state index is -0.131. The molecule has 8 heteroatoms. The van der Waals surface area contributed by atoms with Crippen LogP contribution in [0.25, 0.3) is 43.9 Å². The van der Waals surface area contributed by atoms with Crippen molar-refractivity contribution in [2.24, 2.45) is 0 Å². The number of hydrogen-bond donors (Lipinski definition) is 0. The fourth-order valence-electron chi connectivity index (χ4n) is 8.88. The van der Waals surface area contributed by atoms with Gasteiger partial charge in [0.1, 0.15) is 68.3 Å². The highest BCUT2D eigenvalue weighted by molar-refractivity contribution is 7.01. The van der Waals surface area contributed by atoms with Crippen LogP contribution in [0.3, 0.4) is 0 Å². The maximum absolute atomic E-state index is 7.03. The molecule has 4 aliphatic heterocycles. The standard InChI is InChI=1S/C42H20B2O6/c1-5-13-27-21(9-1)37-33(45-27)19-35-39-41(37)49-31-18-32-26(17-25(31)43(39)23-11-3-7-15-29(23)47-35)44-24-12-4-8-16-30(24)48-36-20-34-38(42(50-32)40(36)44)22-10-2-6-14-28(22)46-34/h1-20H. The van der Waals surface area contributed by atoms with Crippen LogP contribution in [0.4, 0.5) is 0 Å². The van der Waals surface area contributed by atoms with E-state index in [-0.39, 0.29) is 13.4 Å². The van der Waals surface area contributed by atoms with Crippen molar-refractivity contribution < 1.29 is 27.8 Å². The number of ether oxygens (including phenoxy) is 4. The molecule has 230 valence electrons. The van der Waals surface area contributed by atoms with Crippen molar-refractivity contribution in [2.45, 2.75) is 0 Å². The molecule has 0 fully saturated rings. The summed E-state index contributed by atoms with van der Waals surface area (Å²) < 4.78 is 40.0. The number of hydrogen-bond acceptors (Lipinski definition) is 6. The molecule has 2 aromatic heterocycles. The van der Waals surface area contributed by atoms with Gasteiger partial charge in [-0.1, -0.05) is 78.9 Å². The highest BCUT2D eigenvalue weighted by Gasteiger charge is 2.46. The van der Waals surface area contributed by atoms with Gasteiger partial charge in [0.2, 0.25) is 0 Å². The van der Waals surface area contributed by atoms with Crippen LogP contribution in [0.1, 0.15) is 0 Å². The Morgan fingerprint density at radius 1 is 0.340 bits per heavy atom. The first kappa shape index (κ1) is 25.5. The molecular formula is C42H20B2O6. The second kappa shape index (κ2) is 8.73. The Morgan fingerprint density at radius 3 is 1.32 bits per heavy atom. The highest BCUT2D eigenvalue weighted by atomic mass is 16.5. The van der Waals surface area contributed by atoms with E-state index in [4.69, 9.17) is 27.8 Å². The molecule has 0 amide bonds. The summed E-state index contributed by atoms with van der Waals surface area (Å²) in [5.74, 6) is 6.14. The lowest BCUT2D eigenvalue weighted by atomic mass is 9.31. The average molecular weight is 642 g/mol. The van der Waals surface area contributed by atoms with Crippen molar-refractivity contribution >= 4 is 90.1 Å². The van der Waals surface area contributed by atoms with Gasteiger partial charge in [-0.2, -0.15) is 0 Å². The summed E-state index contributed by atoms with van der Waals surface area (Å²) in [7, 11) is 0. The van der Waals surface area contributed by atoms with E-state index in [1.807, 2.05) is 72.8 Å². The van der Waals surface area contributed by atoms with E-state index >= 15 is 0 Å². The molecule has 6 nitrogen and oxygen atoms in total. The monoisotopic (exact) mass is 642 g/mol. The first-order valence-electron chi connectivity index (χ1n) is 16.8. The van der Waals surface area contributed by atoms with Crippen LogP contribution in [-0.2, 0) is 0 Å². The molecule has 50 heavy (non-hydrogen) atoms. The molecule has 9 aromatic rings. The molecule has 0 atom stereocenters. The number of rotatable bonds is 0. The molecular weight excluding hydrogens is 622 g/mol. The average Bonchev–Trinajstić information content (AvgIpc) is 3.72. The van der Waals surface area contributed by atoms with Gasteiger partial charge >= 0.3 is 0 Å². The lowest BCUT2D eigenvalue weighted by Gasteiger charge is -2.36. The largest absolute Gasteiger partial charge is 0.458 e. The molecule has 0 radical (unpaired) electrons. The third-order valence-electron chi connectivity index (χ3n) is 10.9. The summed E-state index contributed by atoms with van der Waals surface area (Å²) in [6.45, 7) is -0.262. The Kier molecular flexibility index (Phi) is 4.45. The van der Waals surface area contributed by atoms with Crippen molar-refractivity contribution in [2.75, 3.05) is 0 Å². The molecule has 0 N–H and O–H groups in total. The van der Waals surface area contributed by atoms with Crippen molar-refractivity contribution in [3.63, 3.8) is 0 Å². The zero-order chi connectivity index (χ0) is 32.2. The Balaban J connectivity index is 1.12. The number of para-hydroxylation sites is 4. The van der Waals surface area contributed by atoms with E-state index in [0.717, 1.165) is 123 Å². The highest BCUT2D eigenvalue weighted by Crippen LogP contribution is 2.47. The van der Waals surface area contributed by atoms with E-state index in [1.54, 1.807) is 0 Å². The summed E-state index contributed by atoms with van der Waals surface area (Å²) >= 11 is 0. The molecule has 4 aliphatic rings. The molecule has 13 rings (SSSR count). The zero-order valence-electron chi connectivity index (χ0n) is 26.2. The second-order valence-corrected chi connectivity index (χ2v) is 13.5. The van der Waals surface area contributed by atoms with Crippen LogP contribution in [0.15, 0.2) is 130 Å². The Bertz CT molecular complexity index is 2830. The zero-order valence-corrected chi connectivity index (χ0v) is 26.2. The summed E-state index contributed by atoms with van der Waals surface area (Å²) in [4.78, 5) is 0. The van der Waals surface area contributed by atoms with Gasteiger partial charge in [-0.15, -0.1) is 0 Å². The Hall–Kier alpha value is -6.53. The molecule has 0 saturated heterocycles. The second-order valence-electron chi connectivity index (χ2n) is 13.5. The predicted molar refractivity (Wildman–Crippen MR) is 196 cm³/mol. The lowest BCUT2D eigenvalue weighted by molar-refractivity contribution is 0.456. The first-order chi connectivity index (χ1) is 24.8. The molecule has 0 saturated carbocycles. The summed E-state index contributed by atoms with van der Waals surface area (Å²) in [6.07, 6.45) is 0. The van der Waals surface area contributed by atoms with Crippen molar-refractivity contribution in [3.05, 3.63) is 121 Å². The van der Waals surface area contributed by atoms with E-state index in [2.05, 4.69) is 48.5 Å². The minimum Gasteiger partial charge on any atom is -0.458 e. The smallest absolute Gasteiger partial charge is 0.260 e. The maximum Gasteiger partial charge on any atom is 0.260 e. The van der Waals surface area contributed by atoms with Gasteiger partial charge < -0.3 is 27.8 Å². The molecule has 6 heterocycles. The summed E-state index contributed by atoms with van der Waals surface area (Å²) in [5, 5.41) is 3.89. The van der Waals surface area contributed by atoms with Crippen LogP contribution < -0.4 is 51.7 Å². The van der Waals surface area contributed by atoms with Crippen LogP contribution in [-0.4, -0.2) is 13.4 Å². The minimum absolute atomic E-state index is 0.131. The SMILES string of the molecule is c1ccc2c(c1)Oc1cc3oc4ccccc4c3c3c1B2c1cc2c(cc1O3)Oc1c3c(cc4oc5ccccc5c14)Oc1ccccc1B23.